The zero-order chi connectivity index (χ0) is 22.0. The second kappa shape index (κ2) is 9.23. The maximum atomic E-state index is 9.99. The first-order valence-electron chi connectivity index (χ1n) is 9.87. The van der Waals surface area contributed by atoms with Crippen molar-refractivity contribution in [3.8, 4) is 0 Å². The fourth-order valence-electron chi connectivity index (χ4n) is 3.67. The molecule has 4 heterocycles. The third-order valence-electron chi connectivity index (χ3n) is 5.37. The van der Waals surface area contributed by atoms with Gasteiger partial charge in [-0.15, -0.1) is 0 Å². The van der Waals surface area contributed by atoms with Gasteiger partial charge in [-0.2, -0.15) is 0 Å². The van der Waals surface area contributed by atoms with Crippen LogP contribution in [-0.4, -0.2) is 49.5 Å². The lowest BCUT2D eigenvalue weighted by Gasteiger charge is -2.39. The average Bonchev–Trinajstić information content (AvgIpc) is 3.15. The Morgan fingerprint density at radius 3 is 2.84 bits per heavy atom. The van der Waals surface area contributed by atoms with Crippen molar-refractivity contribution in [1.29, 1.82) is 0 Å². The molecule has 2 aliphatic heterocycles. The monoisotopic (exact) mass is 477 g/mol. The van der Waals surface area contributed by atoms with Gasteiger partial charge in [-0.3, -0.25) is 4.99 Å². The molecule has 0 saturated carbocycles. The molecule has 0 atom stereocenters. The van der Waals surface area contributed by atoms with Crippen molar-refractivity contribution in [3.63, 3.8) is 0 Å². The molecule has 0 bridgehead atoms. The third-order valence-corrected chi connectivity index (χ3v) is 8.47. The zero-order valence-corrected chi connectivity index (χ0v) is 19.5. The van der Waals surface area contributed by atoms with Crippen LogP contribution in [0.2, 0.25) is 5.02 Å². The number of aliphatic imine (C=N–C) groups is 1. The number of hydrogen-bond donors (Lipinski definition) is 3. The number of nitrogens with zero attached hydrogens (tertiary/aromatic N) is 5. The van der Waals surface area contributed by atoms with Gasteiger partial charge in [0.1, 0.15) is 16.5 Å². The predicted octanol–water partition coefficient (Wildman–Crippen LogP) is 3.02. The van der Waals surface area contributed by atoms with Gasteiger partial charge in [-0.25, -0.2) is 15.0 Å². The number of aryl methyl sites for hydroxylation is 1. The van der Waals surface area contributed by atoms with E-state index in [9.17, 15) is 5.11 Å². The Labute approximate surface area is 194 Å². The number of nitrogen functional groups attached to an aromatic ring is 1. The van der Waals surface area contributed by atoms with Gasteiger partial charge in [0.2, 0.25) is 0 Å². The van der Waals surface area contributed by atoms with Crippen LogP contribution < -0.4 is 16.4 Å². The number of thioether (sulfide) groups is 1. The number of nitrogens with two attached hydrogens (primary N) is 2. The van der Waals surface area contributed by atoms with E-state index in [0.717, 1.165) is 53.9 Å². The highest BCUT2D eigenvalue weighted by atomic mass is 35.5. The van der Waals surface area contributed by atoms with Crippen molar-refractivity contribution in [2.24, 2.45) is 10.7 Å². The molecule has 8 nitrogen and oxygen atoms in total. The Balaban J connectivity index is 1.51. The smallest absolute Gasteiger partial charge is 0.153 e. The fraction of sp³-hybridized carbons (Fsp3) is 0.400. The summed E-state index contributed by atoms with van der Waals surface area (Å²) in [6.07, 6.45) is 6.98. The summed E-state index contributed by atoms with van der Waals surface area (Å²) in [6.45, 7) is 4.21. The summed E-state index contributed by atoms with van der Waals surface area (Å²) < 4.78 is 0.126. The van der Waals surface area contributed by atoms with E-state index in [2.05, 4.69) is 14.9 Å². The molecular weight excluding hydrogens is 454 g/mol. The Morgan fingerprint density at radius 1 is 1.35 bits per heavy atom. The van der Waals surface area contributed by atoms with E-state index >= 15 is 0 Å². The van der Waals surface area contributed by atoms with E-state index in [1.54, 1.807) is 18.5 Å². The lowest BCUT2D eigenvalue weighted by molar-refractivity contribution is 0.275. The number of anilines is 2. The highest BCUT2D eigenvalue weighted by molar-refractivity contribution is 8.15. The molecule has 0 amide bonds. The van der Waals surface area contributed by atoms with Crippen molar-refractivity contribution in [2.45, 2.75) is 41.0 Å². The van der Waals surface area contributed by atoms with Crippen LogP contribution in [0.1, 0.15) is 24.2 Å². The van der Waals surface area contributed by atoms with Crippen LogP contribution in [0.5, 0.6) is 0 Å². The first-order chi connectivity index (χ1) is 14.9. The minimum absolute atomic E-state index is 0.126. The van der Waals surface area contributed by atoms with E-state index in [4.69, 9.17) is 33.0 Å². The summed E-state index contributed by atoms with van der Waals surface area (Å²) in [5, 5.41) is 12.1. The van der Waals surface area contributed by atoms with E-state index < -0.39 is 0 Å². The fourth-order valence-corrected chi connectivity index (χ4v) is 6.01. The van der Waals surface area contributed by atoms with Gasteiger partial charge < -0.3 is 21.5 Å². The maximum Gasteiger partial charge on any atom is 0.153 e. The molecule has 4 rings (SSSR count). The molecule has 1 saturated heterocycles. The molecule has 0 radical (unpaired) electrons. The summed E-state index contributed by atoms with van der Waals surface area (Å²) in [7, 11) is 0. The summed E-state index contributed by atoms with van der Waals surface area (Å²) in [5.74, 6) is 1.02. The average molecular weight is 478 g/mol. The number of aromatic nitrogens is 3. The Bertz CT molecular complexity index is 1040. The molecule has 2 aliphatic rings. The van der Waals surface area contributed by atoms with Gasteiger partial charge in [0.15, 0.2) is 5.82 Å². The number of halogens is 1. The van der Waals surface area contributed by atoms with Crippen molar-refractivity contribution >= 4 is 51.8 Å². The summed E-state index contributed by atoms with van der Waals surface area (Å²) in [4.78, 5) is 21.1. The van der Waals surface area contributed by atoms with Crippen LogP contribution in [0, 0.1) is 6.92 Å². The molecule has 1 fully saturated rings. The quantitative estimate of drug-likeness (QED) is 0.595. The van der Waals surface area contributed by atoms with Crippen LogP contribution in [-0.2, 0) is 6.61 Å². The van der Waals surface area contributed by atoms with Crippen molar-refractivity contribution in [2.75, 3.05) is 30.3 Å². The molecule has 2 aromatic rings. The molecule has 11 heteroatoms. The Hall–Kier alpha value is -2.01. The molecular formula is C20H24ClN7OS2. The summed E-state index contributed by atoms with van der Waals surface area (Å²) in [5.41, 5.74) is 12.6. The largest absolute Gasteiger partial charge is 0.405 e. The van der Waals surface area contributed by atoms with Gasteiger partial charge in [0.25, 0.3) is 0 Å². The lowest BCUT2D eigenvalue weighted by atomic mass is 9.95. The van der Waals surface area contributed by atoms with Gasteiger partial charge in [-0.05, 0) is 38.1 Å². The molecule has 31 heavy (non-hydrogen) atoms. The third kappa shape index (κ3) is 4.62. The topological polar surface area (TPSA) is 127 Å². The normalized spacial score (nSPS) is 18.2. The van der Waals surface area contributed by atoms with E-state index in [1.165, 1.54) is 11.8 Å². The van der Waals surface area contributed by atoms with Gasteiger partial charge >= 0.3 is 0 Å². The van der Waals surface area contributed by atoms with Gasteiger partial charge in [0, 0.05) is 28.9 Å². The van der Waals surface area contributed by atoms with Crippen molar-refractivity contribution < 1.29 is 5.11 Å². The van der Waals surface area contributed by atoms with Crippen LogP contribution in [0.4, 0.5) is 11.6 Å². The van der Waals surface area contributed by atoms with Crippen LogP contribution in [0.25, 0.3) is 0 Å². The zero-order valence-electron chi connectivity index (χ0n) is 17.1. The number of pyridine rings is 1. The predicted molar refractivity (Wildman–Crippen MR) is 128 cm³/mol. The Morgan fingerprint density at radius 2 is 2.13 bits per heavy atom. The minimum Gasteiger partial charge on any atom is -0.405 e. The summed E-state index contributed by atoms with van der Waals surface area (Å²) in [6, 6.07) is 1.79. The number of aliphatic hydroxyl groups is 1. The van der Waals surface area contributed by atoms with Crippen molar-refractivity contribution in [1.82, 2.24) is 15.0 Å². The van der Waals surface area contributed by atoms with E-state index in [-0.39, 0.29) is 17.2 Å². The molecule has 5 N–H and O–H groups in total. The van der Waals surface area contributed by atoms with Crippen LogP contribution in [0.3, 0.4) is 0 Å². The van der Waals surface area contributed by atoms with Crippen LogP contribution in [0.15, 0.2) is 39.5 Å². The standard InChI is InChI=1S/C20H24ClN7OS2/c1-12-19(30-14-3-7-24-17(23)16(14)21)27-13(10-29)18(26-12)28-8-4-20(5-9-28)11-25-15(31-20)2-6-22/h2-3,6-7,29H,4-5,8-11,22H2,1H3,(H2,23,24)/b6-2-. The molecule has 164 valence electrons. The number of piperidine rings is 1. The molecule has 1 spiro atoms. The highest BCUT2D eigenvalue weighted by Crippen LogP contribution is 2.43. The minimum atomic E-state index is -0.187. The van der Waals surface area contributed by atoms with Crippen LogP contribution >= 0.6 is 35.1 Å². The first-order valence-corrected chi connectivity index (χ1v) is 11.9. The van der Waals surface area contributed by atoms with E-state index in [1.807, 2.05) is 24.8 Å². The molecule has 0 aliphatic carbocycles. The molecule has 0 aromatic carbocycles. The lowest BCUT2D eigenvalue weighted by Crippen LogP contribution is -2.44. The second-order valence-corrected chi connectivity index (χ2v) is 10.3. The number of rotatable bonds is 5. The van der Waals surface area contributed by atoms with E-state index in [0.29, 0.717) is 15.7 Å². The van der Waals surface area contributed by atoms with Gasteiger partial charge in [-0.1, -0.05) is 35.1 Å². The number of hydrogen-bond acceptors (Lipinski definition) is 10. The van der Waals surface area contributed by atoms with Crippen molar-refractivity contribution in [3.05, 3.63) is 40.9 Å². The maximum absolute atomic E-state index is 9.99. The second-order valence-electron chi connectivity index (χ2n) is 7.44. The molecule has 0 unspecified atom stereocenters. The Kier molecular flexibility index (Phi) is 6.61. The summed E-state index contributed by atoms with van der Waals surface area (Å²) >= 11 is 9.46. The molecule has 2 aromatic heterocycles. The van der Waals surface area contributed by atoms with Gasteiger partial charge in [0.05, 0.1) is 28.9 Å². The number of aliphatic hydroxyl groups excluding tert-OH is 1. The SMILES string of the molecule is Cc1nc(N2CCC3(CC2)CN=C(/C=C\N)S3)c(CO)nc1Sc1ccnc(N)c1Cl. The first kappa shape index (κ1) is 22.2. The highest BCUT2D eigenvalue weighted by Gasteiger charge is 2.40.